The van der Waals surface area contributed by atoms with Crippen LogP contribution in [0.5, 0.6) is 5.75 Å². The van der Waals surface area contributed by atoms with Gasteiger partial charge in [0.25, 0.3) is 10.0 Å². The van der Waals surface area contributed by atoms with Crippen molar-refractivity contribution in [1.82, 2.24) is 10.2 Å². The van der Waals surface area contributed by atoms with Gasteiger partial charge in [0.05, 0.1) is 12.3 Å². The van der Waals surface area contributed by atoms with Gasteiger partial charge in [0.2, 0.25) is 15.8 Å². The van der Waals surface area contributed by atoms with E-state index in [-0.39, 0.29) is 20.3 Å². The summed E-state index contributed by atoms with van der Waals surface area (Å²) < 4.78 is 33.1. The van der Waals surface area contributed by atoms with Gasteiger partial charge in [-0.3, -0.25) is 0 Å². The van der Waals surface area contributed by atoms with Gasteiger partial charge in [-0.15, -0.1) is 10.2 Å². The first-order valence-corrected chi connectivity index (χ1v) is 11.4. The van der Waals surface area contributed by atoms with Crippen LogP contribution >= 0.6 is 23.6 Å². The molecule has 1 aliphatic heterocycles. The van der Waals surface area contributed by atoms with E-state index in [4.69, 9.17) is 26.8 Å². The van der Waals surface area contributed by atoms with E-state index < -0.39 is 47.3 Å². The lowest BCUT2D eigenvalue weighted by Gasteiger charge is -2.39. The molecule has 0 amide bonds. The molecule has 1 saturated heterocycles. The van der Waals surface area contributed by atoms with Gasteiger partial charge in [0.15, 0.2) is 5.11 Å². The molecule has 2 aromatic rings. The first kappa shape index (κ1) is 23.6. The van der Waals surface area contributed by atoms with Crippen LogP contribution in [0.4, 0.5) is 10.8 Å². The minimum Gasteiger partial charge on any atom is -0.460 e. The Morgan fingerprint density at radius 3 is 2.55 bits per heavy atom. The van der Waals surface area contributed by atoms with Crippen LogP contribution in [0, 0.1) is 0 Å². The van der Waals surface area contributed by atoms with E-state index in [0.717, 1.165) is 0 Å². The minimum atomic E-state index is -3.99. The van der Waals surface area contributed by atoms with Gasteiger partial charge < -0.3 is 40.5 Å². The summed E-state index contributed by atoms with van der Waals surface area (Å²) in [6.45, 7) is -0.596. The monoisotopic (exact) mass is 493 g/mol. The predicted octanol–water partition coefficient (Wildman–Crippen LogP) is -1.83. The van der Waals surface area contributed by atoms with Crippen molar-refractivity contribution in [2.75, 3.05) is 17.2 Å². The number of benzene rings is 1. The summed E-state index contributed by atoms with van der Waals surface area (Å²) in [6.07, 6.45) is -7.21. The fraction of sp³-hybridized carbons (Fsp3) is 0.400. The Morgan fingerprint density at radius 2 is 1.90 bits per heavy atom. The molecule has 0 bridgehead atoms. The van der Waals surface area contributed by atoms with Crippen LogP contribution in [-0.2, 0) is 14.8 Å². The quantitative estimate of drug-likeness (QED) is 0.221. The average Bonchev–Trinajstić information content (AvgIpc) is 3.18. The van der Waals surface area contributed by atoms with Gasteiger partial charge in [0, 0.05) is 0 Å². The fourth-order valence-electron chi connectivity index (χ4n) is 2.59. The van der Waals surface area contributed by atoms with Gasteiger partial charge in [-0.05, 0) is 24.4 Å². The van der Waals surface area contributed by atoms with Crippen molar-refractivity contribution in [3.05, 3.63) is 24.3 Å². The number of ether oxygens (including phenoxy) is 2. The molecule has 3 rings (SSSR count). The number of para-hydroxylation sites is 2. The lowest BCUT2D eigenvalue weighted by atomic mass is 9.99. The van der Waals surface area contributed by atoms with Gasteiger partial charge in [-0.25, -0.2) is 13.6 Å². The van der Waals surface area contributed by atoms with Crippen LogP contribution in [0.25, 0.3) is 0 Å². The van der Waals surface area contributed by atoms with Crippen molar-refractivity contribution in [1.29, 1.82) is 0 Å². The van der Waals surface area contributed by atoms with E-state index in [9.17, 15) is 28.8 Å². The maximum atomic E-state index is 11.3. The molecule has 0 spiro atoms. The predicted molar refractivity (Wildman–Crippen MR) is 112 cm³/mol. The molecule has 31 heavy (non-hydrogen) atoms. The zero-order valence-electron chi connectivity index (χ0n) is 15.5. The number of hydrogen-bond acceptors (Lipinski definition) is 12. The highest BCUT2D eigenvalue weighted by Gasteiger charge is 2.44. The summed E-state index contributed by atoms with van der Waals surface area (Å²) >= 11 is 5.85. The lowest BCUT2D eigenvalue weighted by Crippen LogP contribution is -2.60. The van der Waals surface area contributed by atoms with Crippen molar-refractivity contribution in [2.24, 2.45) is 5.14 Å². The zero-order chi connectivity index (χ0) is 22.8. The lowest BCUT2D eigenvalue weighted by molar-refractivity contribution is -0.277. The maximum Gasteiger partial charge on any atom is 0.267 e. The number of hydrogen-bond donors (Lipinski definition) is 7. The molecule has 13 nitrogen and oxygen atoms in total. The number of sulfonamides is 1. The Bertz CT molecular complexity index is 1030. The van der Waals surface area contributed by atoms with E-state index in [1.165, 1.54) is 6.07 Å². The second-order valence-corrected chi connectivity index (χ2v) is 9.43. The number of aliphatic hydroxyl groups is 4. The summed E-state index contributed by atoms with van der Waals surface area (Å²) in [5.41, 5.74) is 0.327. The number of nitrogens with two attached hydrogens (primary N) is 1. The van der Waals surface area contributed by atoms with Gasteiger partial charge in [-0.2, -0.15) is 0 Å². The number of anilines is 2. The van der Waals surface area contributed by atoms with Crippen LogP contribution < -0.4 is 20.5 Å². The Kier molecular flexibility index (Phi) is 7.35. The van der Waals surface area contributed by atoms with Crippen LogP contribution in [0.3, 0.4) is 0 Å². The molecular weight excluding hydrogens is 474 g/mol. The molecule has 1 aromatic carbocycles. The molecule has 8 N–H and O–H groups in total. The van der Waals surface area contributed by atoms with E-state index >= 15 is 0 Å². The summed E-state index contributed by atoms with van der Waals surface area (Å²) in [6, 6.07) is 6.40. The van der Waals surface area contributed by atoms with E-state index in [1.54, 1.807) is 18.2 Å². The van der Waals surface area contributed by atoms with Crippen molar-refractivity contribution < 1.29 is 38.3 Å². The molecule has 0 radical (unpaired) electrons. The first-order chi connectivity index (χ1) is 14.6. The van der Waals surface area contributed by atoms with Crippen molar-refractivity contribution in [3.63, 3.8) is 0 Å². The third kappa shape index (κ3) is 5.62. The molecule has 170 valence electrons. The van der Waals surface area contributed by atoms with Gasteiger partial charge in [-0.1, -0.05) is 23.5 Å². The van der Waals surface area contributed by atoms with Gasteiger partial charge in [0.1, 0.15) is 30.2 Å². The molecule has 16 heteroatoms. The SMILES string of the molecule is NS(=O)(=O)c1nnc(NC(=S)Nc2ccccc2O[C@H]2O[C@H](CO)[C@@H](O)[C@H](O)[C@@H]2O)s1. The largest absolute Gasteiger partial charge is 0.460 e. The van der Waals surface area contributed by atoms with Crippen molar-refractivity contribution >= 4 is 49.5 Å². The average molecular weight is 494 g/mol. The van der Waals surface area contributed by atoms with Crippen LogP contribution in [0.2, 0.25) is 0 Å². The highest BCUT2D eigenvalue weighted by Crippen LogP contribution is 2.29. The van der Waals surface area contributed by atoms with Crippen LogP contribution in [0.15, 0.2) is 28.6 Å². The number of rotatable bonds is 6. The standard InChI is InChI=1S/C15H19N5O8S3/c16-31(25,26)15-20-19-14(30-15)18-13(29)17-6-3-1-2-4-7(6)27-12-11(24)10(23)9(22)8(5-21)28-12/h1-4,8-12,21-24H,5H2,(H2,16,25,26)(H2,17,18,19,29)/t8-,9-,10+,11+,12+/m1/s1. The third-order valence-corrected chi connectivity index (χ3v) is 6.45. The highest BCUT2D eigenvalue weighted by molar-refractivity contribution is 7.91. The van der Waals surface area contributed by atoms with Gasteiger partial charge >= 0.3 is 0 Å². The number of aliphatic hydroxyl groups excluding tert-OH is 4. The summed E-state index contributed by atoms with van der Waals surface area (Å²) in [7, 11) is -3.99. The molecule has 2 heterocycles. The molecule has 0 aliphatic carbocycles. The van der Waals surface area contributed by atoms with E-state index in [0.29, 0.717) is 17.0 Å². The second-order valence-electron chi connectivity index (χ2n) is 6.31. The Hall–Kier alpha value is -2.02. The smallest absolute Gasteiger partial charge is 0.267 e. The number of thiocarbonyl (C=S) groups is 1. The first-order valence-electron chi connectivity index (χ1n) is 8.60. The second kappa shape index (κ2) is 9.63. The number of primary sulfonamides is 1. The molecule has 0 saturated carbocycles. The summed E-state index contributed by atoms with van der Waals surface area (Å²) in [5, 5.41) is 56.8. The van der Waals surface area contributed by atoms with Crippen molar-refractivity contribution in [2.45, 2.75) is 35.0 Å². The Morgan fingerprint density at radius 1 is 1.19 bits per heavy atom. The molecule has 1 fully saturated rings. The number of aromatic nitrogens is 2. The molecule has 1 aliphatic rings. The number of nitrogens with zero attached hydrogens (tertiary/aromatic N) is 2. The summed E-state index contributed by atoms with van der Waals surface area (Å²) in [4.78, 5) is 0. The van der Waals surface area contributed by atoms with Crippen LogP contribution in [0.1, 0.15) is 0 Å². The normalized spacial score (nSPS) is 26.3. The molecular formula is C15H19N5O8S3. The highest BCUT2D eigenvalue weighted by atomic mass is 32.2. The Labute approximate surface area is 185 Å². The Balaban J connectivity index is 1.70. The summed E-state index contributed by atoms with van der Waals surface area (Å²) in [5.74, 6) is 0.165. The zero-order valence-corrected chi connectivity index (χ0v) is 18.0. The maximum absolute atomic E-state index is 11.3. The minimum absolute atomic E-state index is 0.0157. The number of nitrogens with one attached hydrogen (secondary N) is 2. The van der Waals surface area contributed by atoms with E-state index in [1.807, 2.05) is 0 Å². The molecule has 1 aromatic heterocycles. The van der Waals surface area contributed by atoms with Crippen LogP contribution in [-0.4, -0.2) is 81.5 Å². The van der Waals surface area contributed by atoms with Crippen molar-refractivity contribution in [3.8, 4) is 5.75 Å². The molecule has 0 unspecified atom stereocenters. The third-order valence-electron chi connectivity index (χ3n) is 4.10. The molecule has 5 atom stereocenters. The fourth-order valence-corrected chi connectivity index (χ4v) is 4.20. The topological polar surface area (TPSA) is 209 Å². The van der Waals surface area contributed by atoms with E-state index in [2.05, 4.69) is 20.8 Å².